The van der Waals surface area contributed by atoms with E-state index in [0.717, 1.165) is 5.56 Å². The average molecular weight is 299 g/mol. The molecule has 106 valence electrons. The van der Waals surface area contributed by atoms with Crippen LogP contribution < -0.4 is 9.47 Å². The van der Waals surface area contributed by atoms with Crippen molar-refractivity contribution in [1.29, 1.82) is 5.26 Å². The van der Waals surface area contributed by atoms with Crippen LogP contribution in [0.5, 0.6) is 11.5 Å². The van der Waals surface area contributed by atoms with Crippen molar-refractivity contribution in [3.63, 3.8) is 0 Å². The number of nitrogens with zero attached hydrogens (tertiary/aromatic N) is 1. The first-order chi connectivity index (χ1) is 10.3. The molecule has 3 rings (SSSR count). The van der Waals surface area contributed by atoms with Crippen LogP contribution >= 0.6 is 0 Å². The van der Waals surface area contributed by atoms with Crippen molar-refractivity contribution in [2.24, 2.45) is 0 Å². The Labute approximate surface area is 125 Å². The van der Waals surface area contributed by atoms with E-state index < -0.39 is 10.8 Å². The quantitative estimate of drug-likeness (QED) is 0.874. The van der Waals surface area contributed by atoms with Gasteiger partial charge in [0.15, 0.2) is 11.5 Å². The zero-order valence-electron chi connectivity index (χ0n) is 11.2. The number of hydrogen-bond acceptors (Lipinski definition) is 4. The van der Waals surface area contributed by atoms with Crippen LogP contribution in [0.25, 0.3) is 0 Å². The van der Waals surface area contributed by atoms with Crippen LogP contribution in [-0.2, 0) is 16.6 Å². The van der Waals surface area contributed by atoms with Crippen LogP contribution in [0.1, 0.15) is 11.1 Å². The van der Waals surface area contributed by atoms with E-state index in [-0.39, 0.29) is 0 Å². The van der Waals surface area contributed by atoms with Gasteiger partial charge in [0.25, 0.3) is 0 Å². The minimum Gasteiger partial charge on any atom is -0.486 e. The molecule has 2 aromatic carbocycles. The lowest BCUT2D eigenvalue weighted by atomic mass is 10.2. The second-order valence-electron chi connectivity index (χ2n) is 4.60. The molecule has 2 aromatic rings. The van der Waals surface area contributed by atoms with E-state index in [1.165, 1.54) is 0 Å². The van der Waals surface area contributed by atoms with Gasteiger partial charge in [-0.25, -0.2) is 0 Å². The highest BCUT2D eigenvalue weighted by atomic mass is 32.2. The molecule has 0 spiro atoms. The zero-order valence-corrected chi connectivity index (χ0v) is 12.1. The number of rotatable bonds is 3. The van der Waals surface area contributed by atoms with E-state index in [0.29, 0.717) is 40.9 Å². The van der Waals surface area contributed by atoms with Crippen molar-refractivity contribution >= 4 is 10.8 Å². The SMILES string of the molecule is N#Cc1ccc(CS(=O)c2ccc3c(c2)OCCO3)cc1. The van der Waals surface area contributed by atoms with Gasteiger partial charge in [0, 0.05) is 11.0 Å². The summed E-state index contributed by atoms with van der Waals surface area (Å²) in [6.07, 6.45) is 0. The van der Waals surface area contributed by atoms with Gasteiger partial charge in [-0.3, -0.25) is 4.21 Å². The minimum absolute atomic E-state index is 0.408. The first kappa shape index (κ1) is 13.7. The van der Waals surface area contributed by atoms with Gasteiger partial charge >= 0.3 is 0 Å². The molecule has 21 heavy (non-hydrogen) atoms. The van der Waals surface area contributed by atoms with Crippen molar-refractivity contribution in [3.8, 4) is 17.6 Å². The number of nitriles is 1. The highest BCUT2D eigenvalue weighted by Gasteiger charge is 2.14. The van der Waals surface area contributed by atoms with Crippen LogP contribution in [0.3, 0.4) is 0 Å². The first-order valence-corrected chi connectivity index (χ1v) is 7.85. The standard InChI is InChI=1S/C16H13NO3S/c17-10-12-1-3-13(4-2-12)11-21(18)14-5-6-15-16(9-14)20-8-7-19-15/h1-6,9H,7-8,11H2. The molecule has 0 saturated heterocycles. The van der Waals surface area contributed by atoms with Gasteiger partial charge in [0.1, 0.15) is 13.2 Å². The molecule has 4 nitrogen and oxygen atoms in total. The van der Waals surface area contributed by atoms with E-state index in [2.05, 4.69) is 6.07 Å². The summed E-state index contributed by atoms with van der Waals surface area (Å²) in [5.74, 6) is 1.75. The molecule has 0 radical (unpaired) electrons. The molecular formula is C16H13NO3S. The molecule has 0 aliphatic carbocycles. The predicted molar refractivity (Wildman–Crippen MR) is 78.7 cm³/mol. The highest BCUT2D eigenvalue weighted by molar-refractivity contribution is 7.84. The van der Waals surface area contributed by atoms with Crippen molar-refractivity contribution in [2.45, 2.75) is 10.6 Å². The third-order valence-electron chi connectivity index (χ3n) is 3.16. The lowest BCUT2D eigenvalue weighted by Crippen LogP contribution is -2.15. The van der Waals surface area contributed by atoms with Gasteiger partial charge in [-0.15, -0.1) is 0 Å². The molecule has 1 unspecified atom stereocenters. The molecule has 1 aliphatic heterocycles. The van der Waals surface area contributed by atoms with Crippen LogP contribution in [0, 0.1) is 11.3 Å². The molecule has 1 atom stereocenters. The number of benzene rings is 2. The van der Waals surface area contributed by atoms with E-state index in [9.17, 15) is 4.21 Å². The largest absolute Gasteiger partial charge is 0.486 e. The van der Waals surface area contributed by atoms with Crippen molar-refractivity contribution in [3.05, 3.63) is 53.6 Å². The van der Waals surface area contributed by atoms with Gasteiger partial charge < -0.3 is 9.47 Å². The monoisotopic (exact) mass is 299 g/mol. The van der Waals surface area contributed by atoms with Gasteiger partial charge in [-0.2, -0.15) is 5.26 Å². The summed E-state index contributed by atoms with van der Waals surface area (Å²) >= 11 is 0. The second kappa shape index (κ2) is 5.98. The van der Waals surface area contributed by atoms with Gasteiger partial charge in [-0.1, -0.05) is 12.1 Å². The fourth-order valence-electron chi connectivity index (χ4n) is 2.08. The molecule has 0 N–H and O–H groups in total. The Morgan fingerprint density at radius 1 is 1.05 bits per heavy atom. The van der Waals surface area contributed by atoms with E-state index in [1.807, 2.05) is 12.1 Å². The van der Waals surface area contributed by atoms with Crippen LogP contribution in [-0.4, -0.2) is 17.4 Å². The third-order valence-corrected chi connectivity index (χ3v) is 4.53. The topological polar surface area (TPSA) is 59.3 Å². The van der Waals surface area contributed by atoms with Crippen molar-refractivity contribution < 1.29 is 13.7 Å². The molecule has 0 aromatic heterocycles. The van der Waals surface area contributed by atoms with Crippen LogP contribution in [0.15, 0.2) is 47.4 Å². The maximum Gasteiger partial charge on any atom is 0.162 e. The van der Waals surface area contributed by atoms with Gasteiger partial charge in [0.05, 0.1) is 28.2 Å². The van der Waals surface area contributed by atoms with Crippen LogP contribution in [0.4, 0.5) is 0 Å². The Hall–Kier alpha value is -2.32. The minimum atomic E-state index is -1.16. The normalized spacial score (nSPS) is 14.2. The average Bonchev–Trinajstić information content (AvgIpc) is 2.55. The van der Waals surface area contributed by atoms with E-state index in [1.54, 1.807) is 30.3 Å². The molecular weight excluding hydrogens is 286 g/mol. The van der Waals surface area contributed by atoms with Crippen molar-refractivity contribution in [1.82, 2.24) is 0 Å². The summed E-state index contributed by atoms with van der Waals surface area (Å²) in [5, 5.41) is 8.77. The third kappa shape index (κ3) is 3.06. The number of ether oxygens (including phenoxy) is 2. The van der Waals surface area contributed by atoms with Gasteiger partial charge in [0.2, 0.25) is 0 Å². The molecule has 0 fully saturated rings. The summed E-state index contributed by atoms with van der Waals surface area (Å²) < 4.78 is 23.4. The van der Waals surface area contributed by atoms with Gasteiger partial charge in [-0.05, 0) is 29.8 Å². The summed E-state index contributed by atoms with van der Waals surface area (Å²) in [4.78, 5) is 0.712. The number of fused-ring (bicyclic) bond motifs is 1. The lowest BCUT2D eigenvalue weighted by molar-refractivity contribution is 0.171. The highest BCUT2D eigenvalue weighted by Crippen LogP contribution is 2.32. The maximum absolute atomic E-state index is 12.4. The second-order valence-corrected chi connectivity index (χ2v) is 6.06. The zero-order chi connectivity index (χ0) is 14.7. The summed E-state index contributed by atoms with van der Waals surface area (Å²) in [5.41, 5.74) is 1.53. The molecule has 0 saturated carbocycles. The Morgan fingerprint density at radius 3 is 2.48 bits per heavy atom. The van der Waals surface area contributed by atoms with E-state index >= 15 is 0 Å². The molecule has 1 heterocycles. The first-order valence-electron chi connectivity index (χ1n) is 6.53. The number of hydrogen-bond donors (Lipinski definition) is 0. The summed E-state index contributed by atoms with van der Waals surface area (Å²) in [6.45, 7) is 1.05. The Balaban J connectivity index is 1.77. The Kier molecular flexibility index (Phi) is 3.89. The fourth-order valence-corrected chi connectivity index (χ4v) is 3.20. The predicted octanol–water partition coefficient (Wildman–Crippen LogP) is 2.64. The summed E-state index contributed by atoms with van der Waals surface area (Å²) in [7, 11) is -1.16. The Morgan fingerprint density at radius 2 is 1.76 bits per heavy atom. The molecule has 5 heteroatoms. The van der Waals surface area contributed by atoms with E-state index in [4.69, 9.17) is 14.7 Å². The maximum atomic E-state index is 12.4. The summed E-state index contributed by atoms with van der Waals surface area (Å²) in [6, 6.07) is 14.6. The molecule has 0 amide bonds. The van der Waals surface area contributed by atoms with Crippen molar-refractivity contribution in [2.75, 3.05) is 13.2 Å². The fraction of sp³-hybridized carbons (Fsp3) is 0.188. The van der Waals surface area contributed by atoms with Crippen LogP contribution in [0.2, 0.25) is 0 Å². The smallest absolute Gasteiger partial charge is 0.162 e. The molecule has 0 bridgehead atoms. The lowest BCUT2D eigenvalue weighted by Gasteiger charge is -2.18. The Bertz CT molecular complexity index is 719. The molecule has 1 aliphatic rings.